The maximum atomic E-state index is 12.8. The van der Waals surface area contributed by atoms with E-state index < -0.39 is 18.1 Å². The molecule has 8 heteroatoms. The summed E-state index contributed by atoms with van der Waals surface area (Å²) < 4.78 is 17.4. The van der Waals surface area contributed by atoms with Crippen LogP contribution in [0.25, 0.3) is 0 Å². The molecule has 0 aliphatic rings. The number of quaternary nitrogens is 1. The fraction of sp³-hybridized carbons (Fsp3) is 0.873. The third kappa shape index (κ3) is 44.8. The van der Waals surface area contributed by atoms with Crippen LogP contribution in [0.1, 0.15) is 258 Å². The van der Waals surface area contributed by atoms with Gasteiger partial charge >= 0.3 is 17.9 Å². The van der Waals surface area contributed by atoms with Gasteiger partial charge in [0, 0.05) is 19.3 Å². The minimum atomic E-state index is -0.871. The summed E-state index contributed by atoms with van der Waals surface area (Å²) in [5.41, 5.74) is 0. The Morgan fingerprint density at radius 1 is 0.476 bits per heavy atom. The van der Waals surface area contributed by atoms with Crippen LogP contribution in [0.3, 0.4) is 0 Å². The Bertz CT molecular complexity index is 1080. The highest BCUT2D eigenvalue weighted by Crippen LogP contribution is 2.17. The molecule has 8 nitrogen and oxygen atoms in total. The Balaban J connectivity index is 4.19. The van der Waals surface area contributed by atoms with Gasteiger partial charge in [-0.2, -0.15) is 0 Å². The van der Waals surface area contributed by atoms with Gasteiger partial charge in [0.15, 0.2) is 12.1 Å². The highest BCUT2D eigenvalue weighted by Gasteiger charge is 2.31. The smallest absolute Gasteiger partial charge is 0.362 e. The molecule has 0 aromatic heterocycles. The lowest BCUT2D eigenvalue weighted by Gasteiger charge is -2.31. The van der Waals surface area contributed by atoms with Crippen molar-refractivity contribution in [2.45, 2.75) is 270 Å². The van der Waals surface area contributed by atoms with Gasteiger partial charge in [0.1, 0.15) is 6.61 Å². The molecule has 0 rings (SSSR count). The van der Waals surface area contributed by atoms with Crippen LogP contribution in [-0.4, -0.2) is 80.6 Å². The molecule has 63 heavy (non-hydrogen) atoms. The highest BCUT2D eigenvalue weighted by molar-refractivity contribution is 5.72. The second-order valence-electron chi connectivity index (χ2n) is 19.5. The SMILES string of the molecule is CCCCCC/C=C/C=C/CCCCCCCCCCCCC(=O)OCC(COCCC(C(=O)O)[N+](C)(C)C)OC(=O)CCCCCCCCCCCCCCCCCCCCC. The van der Waals surface area contributed by atoms with Crippen LogP contribution < -0.4 is 0 Å². The van der Waals surface area contributed by atoms with Crippen LogP contribution in [0.2, 0.25) is 0 Å². The first-order valence-electron chi connectivity index (χ1n) is 26.9. The van der Waals surface area contributed by atoms with E-state index in [-0.39, 0.29) is 36.2 Å². The summed E-state index contributed by atoms with van der Waals surface area (Å²) in [4.78, 5) is 37.2. The van der Waals surface area contributed by atoms with E-state index in [2.05, 4.69) is 38.2 Å². The number of carbonyl (C=O) groups excluding carboxylic acids is 2. The van der Waals surface area contributed by atoms with Gasteiger partial charge in [0.2, 0.25) is 0 Å². The summed E-state index contributed by atoms with van der Waals surface area (Å²) in [7, 11) is 5.55. The number of carbonyl (C=O) groups is 3. The molecule has 1 N–H and O–H groups in total. The number of hydrogen-bond acceptors (Lipinski definition) is 6. The van der Waals surface area contributed by atoms with Crippen LogP contribution in [-0.2, 0) is 28.6 Å². The largest absolute Gasteiger partial charge is 0.477 e. The van der Waals surface area contributed by atoms with E-state index in [1.54, 1.807) is 0 Å². The van der Waals surface area contributed by atoms with Gasteiger partial charge in [-0.15, -0.1) is 0 Å². The van der Waals surface area contributed by atoms with E-state index in [0.29, 0.717) is 19.3 Å². The third-order valence-corrected chi connectivity index (χ3v) is 12.4. The predicted molar refractivity (Wildman–Crippen MR) is 266 cm³/mol. The summed E-state index contributed by atoms with van der Waals surface area (Å²) in [5.74, 6) is -1.45. The number of carboxylic acid groups (broad SMARTS) is 1. The Hall–Kier alpha value is -2.19. The maximum Gasteiger partial charge on any atom is 0.362 e. The fourth-order valence-corrected chi connectivity index (χ4v) is 8.20. The number of likely N-dealkylation sites (N-methyl/N-ethyl adjacent to an activating group) is 1. The lowest BCUT2D eigenvalue weighted by molar-refractivity contribution is -0.887. The van der Waals surface area contributed by atoms with Crippen molar-refractivity contribution in [1.29, 1.82) is 0 Å². The molecule has 0 aliphatic carbocycles. The first-order chi connectivity index (χ1) is 30.6. The molecule has 0 fully saturated rings. The van der Waals surface area contributed by atoms with Crippen molar-refractivity contribution >= 4 is 17.9 Å². The van der Waals surface area contributed by atoms with Crippen molar-refractivity contribution in [3.05, 3.63) is 24.3 Å². The van der Waals surface area contributed by atoms with Crippen LogP contribution in [0, 0.1) is 0 Å². The third-order valence-electron chi connectivity index (χ3n) is 12.4. The monoisotopic (exact) mass is 891 g/mol. The number of esters is 2. The summed E-state index contributed by atoms with van der Waals surface area (Å²) in [6.45, 7) is 4.76. The van der Waals surface area contributed by atoms with E-state index in [4.69, 9.17) is 14.2 Å². The lowest BCUT2D eigenvalue weighted by Crippen LogP contribution is -2.50. The topological polar surface area (TPSA) is 99.1 Å². The van der Waals surface area contributed by atoms with Gasteiger partial charge in [-0.3, -0.25) is 9.59 Å². The van der Waals surface area contributed by atoms with Crippen LogP contribution in [0.15, 0.2) is 24.3 Å². The minimum Gasteiger partial charge on any atom is -0.477 e. The van der Waals surface area contributed by atoms with Gasteiger partial charge in [0.05, 0.1) is 34.4 Å². The van der Waals surface area contributed by atoms with E-state index in [1.165, 1.54) is 186 Å². The normalized spacial score (nSPS) is 13.0. The van der Waals surface area contributed by atoms with Crippen LogP contribution in [0.5, 0.6) is 0 Å². The summed E-state index contributed by atoms with van der Waals surface area (Å²) in [5, 5.41) is 9.66. The molecule has 0 radical (unpaired) electrons. The van der Waals surface area contributed by atoms with Gasteiger partial charge in [-0.05, 0) is 38.5 Å². The van der Waals surface area contributed by atoms with Gasteiger partial charge in [-0.25, -0.2) is 4.79 Å². The van der Waals surface area contributed by atoms with Crippen LogP contribution in [0.4, 0.5) is 0 Å². The Morgan fingerprint density at radius 3 is 1.21 bits per heavy atom. The highest BCUT2D eigenvalue weighted by atomic mass is 16.6. The molecular formula is C55H104NO7+. The molecule has 0 aliphatic heterocycles. The van der Waals surface area contributed by atoms with Crippen molar-refractivity contribution in [2.24, 2.45) is 0 Å². The number of allylic oxidation sites excluding steroid dienone is 4. The van der Waals surface area contributed by atoms with Crippen molar-refractivity contribution < 1.29 is 38.2 Å². The quantitative estimate of drug-likeness (QED) is 0.0281. The maximum absolute atomic E-state index is 12.8. The number of nitrogens with zero attached hydrogens (tertiary/aromatic N) is 1. The molecule has 0 saturated carbocycles. The second-order valence-corrected chi connectivity index (χ2v) is 19.5. The van der Waals surface area contributed by atoms with E-state index >= 15 is 0 Å². The molecule has 370 valence electrons. The first-order valence-corrected chi connectivity index (χ1v) is 26.9. The zero-order valence-electron chi connectivity index (χ0n) is 42.3. The predicted octanol–water partition coefficient (Wildman–Crippen LogP) is 15.6. The second kappa shape index (κ2) is 46.3. The van der Waals surface area contributed by atoms with Gasteiger partial charge in [0.25, 0.3) is 0 Å². The van der Waals surface area contributed by atoms with E-state index in [9.17, 15) is 19.5 Å². The molecule has 2 atom stereocenters. The Kier molecular flexibility index (Phi) is 44.7. The number of carboxylic acids is 1. The summed E-state index contributed by atoms with van der Waals surface area (Å²) in [6, 6.07) is -0.613. The van der Waals surface area contributed by atoms with Crippen LogP contribution >= 0.6 is 0 Å². The number of unbranched alkanes of at least 4 members (excludes halogenated alkanes) is 32. The first kappa shape index (κ1) is 60.8. The average molecular weight is 891 g/mol. The van der Waals surface area contributed by atoms with E-state index in [0.717, 1.165) is 38.5 Å². The number of ether oxygens (including phenoxy) is 3. The number of aliphatic carboxylic acids is 1. The minimum absolute atomic E-state index is 0.0476. The Labute approximate surface area is 390 Å². The molecule has 0 aromatic rings. The molecule has 0 amide bonds. The summed E-state index contributed by atoms with van der Waals surface area (Å²) >= 11 is 0. The molecule has 0 aromatic carbocycles. The fourth-order valence-electron chi connectivity index (χ4n) is 8.20. The van der Waals surface area contributed by atoms with E-state index in [1.807, 2.05) is 21.1 Å². The average Bonchev–Trinajstić information content (AvgIpc) is 3.24. The van der Waals surface area contributed by atoms with Crippen molar-refractivity contribution in [3.8, 4) is 0 Å². The van der Waals surface area contributed by atoms with Gasteiger partial charge < -0.3 is 23.8 Å². The standard InChI is InChI=1S/C55H103NO7/c1-6-8-10-12-14-16-18-20-22-24-26-28-29-31-33-35-37-39-41-43-45-53(57)62-50-51(49-61-48-47-52(55(59)60)56(3,4)5)63-54(58)46-44-42-40-38-36-34-32-30-27-25-23-21-19-17-15-13-11-9-7-2/h16,18,20,22,51-52H,6-15,17,19,21,23-50H2,1-5H3/p+1/b18-16+,22-20+. The van der Waals surface area contributed by atoms with Crippen molar-refractivity contribution in [1.82, 2.24) is 0 Å². The molecular weight excluding hydrogens is 787 g/mol. The molecule has 0 saturated heterocycles. The van der Waals surface area contributed by atoms with Crippen molar-refractivity contribution in [3.63, 3.8) is 0 Å². The lowest BCUT2D eigenvalue weighted by atomic mass is 10.0. The Morgan fingerprint density at radius 2 is 0.825 bits per heavy atom. The van der Waals surface area contributed by atoms with Gasteiger partial charge in [-0.1, -0.05) is 224 Å². The molecule has 2 unspecified atom stereocenters. The zero-order valence-corrected chi connectivity index (χ0v) is 42.3. The number of rotatable bonds is 49. The summed E-state index contributed by atoms with van der Waals surface area (Å²) in [6.07, 6.45) is 53.7. The number of hydrogen-bond donors (Lipinski definition) is 1. The van der Waals surface area contributed by atoms with Crippen molar-refractivity contribution in [2.75, 3.05) is 41.0 Å². The zero-order chi connectivity index (χ0) is 46.3. The molecule has 0 bridgehead atoms. The molecule has 0 spiro atoms. The molecule has 0 heterocycles.